The van der Waals surface area contributed by atoms with Crippen molar-refractivity contribution in [1.82, 2.24) is 4.31 Å². The summed E-state index contributed by atoms with van der Waals surface area (Å²) < 4.78 is 176. The Labute approximate surface area is 640 Å². The smallest absolute Gasteiger partial charge is 0.870 e. The average Bonchev–Trinajstić information content (AvgIpc) is 1.61. The van der Waals surface area contributed by atoms with Crippen molar-refractivity contribution in [2.75, 3.05) is 68.5 Å². The molecule has 7 N–H and O–H groups in total. The molecular formula is C73H123F11LiNO19SSi. The second-order valence-electron chi connectivity index (χ2n) is 33.8. The summed E-state index contributed by atoms with van der Waals surface area (Å²) in [7, 11) is 5.46. The van der Waals surface area contributed by atoms with Crippen LogP contribution in [0.15, 0.2) is 11.5 Å². The van der Waals surface area contributed by atoms with Gasteiger partial charge in [-0.05, 0) is 193 Å². The van der Waals surface area contributed by atoms with Crippen molar-refractivity contribution in [2.45, 2.75) is 270 Å². The number of alkyl halides is 8. The van der Waals surface area contributed by atoms with E-state index in [1.165, 1.54) is 55.1 Å². The Morgan fingerprint density at radius 2 is 0.776 bits per heavy atom. The number of hydrogen-bond acceptors (Lipinski definition) is 18. The number of ether oxygens (including phenoxy) is 6. The van der Waals surface area contributed by atoms with E-state index in [0.29, 0.717) is 78.3 Å². The molecule has 0 amide bonds. The van der Waals surface area contributed by atoms with Gasteiger partial charge in [-0.25, -0.2) is 35.1 Å². The molecule has 0 radical (unpaired) electrons. The van der Waals surface area contributed by atoms with E-state index in [0.717, 1.165) is 12.2 Å². The van der Waals surface area contributed by atoms with Crippen molar-refractivity contribution in [2.24, 2.45) is 75.4 Å². The third-order valence-electron chi connectivity index (χ3n) is 23.3. The quantitative estimate of drug-likeness (QED) is 0.0483. The average molecular weight is 1590 g/mol. The Morgan fingerprint density at radius 3 is 0.963 bits per heavy atom. The number of carbonyl (C=O) groups is 6. The monoisotopic (exact) mass is 1590 g/mol. The van der Waals surface area contributed by atoms with E-state index in [2.05, 4.69) is 36.0 Å². The molecule has 107 heavy (non-hydrogen) atoms. The number of esters is 2. The number of halogens is 11. The fraction of sp³-hybridized carbons (Fsp3) is 0.890. The Balaban J connectivity index is 0.000000619. The zero-order valence-corrected chi connectivity index (χ0v) is 67.8. The van der Waals surface area contributed by atoms with E-state index in [9.17, 15) is 90.9 Å². The molecule has 0 aromatic carbocycles. The number of nitrogens with zero attached hydrogens (tertiary/aromatic N) is 1. The van der Waals surface area contributed by atoms with Crippen LogP contribution in [0.3, 0.4) is 0 Å². The molecule has 11 aliphatic rings. The molecule has 4 unspecified atom stereocenters. The molecule has 0 spiro atoms. The number of aliphatic carboxylic acids is 1. The number of methoxy groups -OCH3 is 5. The molecule has 12 atom stereocenters. The molecule has 34 heteroatoms. The fourth-order valence-corrected chi connectivity index (χ4v) is 18.4. The van der Waals surface area contributed by atoms with Crippen LogP contribution in [-0.2, 0) is 61.6 Å². The molecule has 1 saturated heterocycles. The van der Waals surface area contributed by atoms with Crippen molar-refractivity contribution in [1.29, 1.82) is 0 Å². The van der Waals surface area contributed by atoms with Gasteiger partial charge in [0, 0.05) is 129 Å². The number of carboxylic acid groups (broad SMARTS) is 1. The largest absolute Gasteiger partial charge is 1.00 e. The van der Waals surface area contributed by atoms with Crippen LogP contribution in [0.4, 0.5) is 46.8 Å². The van der Waals surface area contributed by atoms with E-state index in [1.807, 2.05) is 13.8 Å². The number of carboxylic acids is 1. The van der Waals surface area contributed by atoms with Crippen LogP contribution in [0.25, 0.3) is 0 Å². The van der Waals surface area contributed by atoms with E-state index >= 15 is 0 Å². The maximum atomic E-state index is 13.3. The van der Waals surface area contributed by atoms with Gasteiger partial charge in [0.1, 0.15) is 17.3 Å². The normalized spacial score (nSPS) is 31.9. The van der Waals surface area contributed by atoms with Crippen LogP contribution < -0.4 is 18.9 Å². The van der Waals surface area contributed by atoms with Crippen LogP contribution in [-0.4, -0.2) is 194 Å². The molecule has 622 valence electrons. The summed E-state index contributed by atoms with van der Waals surface area (Å²) in [5.74, 6) is -11.2. The number of ketones is 3. The number of aliphatic hydroxyl groups is 3. The van der Waals surface area contributed by atoms with Crippen molar-refractivity contribution >= 4 is 54.9 Å². The van der Waals surface area contributed by atoms with Gasteiger partial charge in [0.05, 0.1) is 73.7 Å². The van der Waals surface area contributed by atoms with Gasteiger partial charge < -0.3 is 64.2 Å². The number of allylic oxidation sites excluding steroid dienone is 1. The van der Waals surface area contributed by atoms with Gasteiger partial charge in [-0.15, -0.1) is 11.7 Å². The van der Waals surface area contributed by atoms with Crippen molar-refractivity contribution < 1.29 is 159 Å². The minimum absolute atomic E-state index is 0. The molecule has 11 rings (SSSR count). The molecule has 10 saturated carbocycles. The van der Waals surface area contributed by atoms with E-state index in [4.69, 9.17) is 28.5 Å². The van der Waals surface area contributed by atoms with E-state index in [1.54, 1.807) is 34.8 Å². The Bertz CT molecular complexity index is 2730. The summed E-state index contributed by atoms with van der Waals surface area (Å²) in [5, 5.41) is 40.9. The first-order chi connectivity index (χ1) is 47.4. The zero-order chi connectivity index (χ0) is 79.6. The number of rotatable bonds is 16. The van der Waals surface area contributed by atoms with Crippen LogP contribution in [0.1, 0.15) is 204 Å². The fourth-order valence-electron chi connectivity index (χ4n) is 17.0. The first-order valence-electron chi connectivity index (χ1n) is 36.2. The minimum atomic E-state index is -5.14. The zero-order valence-electron chi connectivity index (χ0n) is 66.0. The van der Waals surface area contributed by atoms with Gasteiger partial charge in [0.25, 0.3) is 17.3 Å². The third-order valence-corrected chi connectivity index (χ3v) is 25.1. The first kappa shape index (κ1) is 102. The number of hydrogen-bond donors (Lipinski definition) is 4. The summed E-state index contributed by atoms with van der Waals surface area (Å²) in [6.07, 6.45) is 6.77. The van der Waals surface area contributed by atoms with Crippen LogP contribution in [0.2, 0.25) is 19.6 Å². The van der Waals surface area contributed by atoms with Crippen molar-refractivity contribution in [3.8, 4) is 0 Å². The van der Waals surface area contributed by atoms with Crippen LogP contribution in [0.5, 0.6) is 0 Å². The molecule has 1 aliphatic heterocycles. The molecule has 0 aromatic heterocycles. The second-order valence-corrected chi connectivity index (χ2v) is 39.5. The molecule has 20 nitrogen and oxygen atoms in total. The van der Waals surface area contributed by atoms with Gasteiger partial charge in [0.2, 0.25) is 32.0 Å². The molecular weight excluding hydrogens is 1470 g/mol. The number of Topliss-reactive ketones (excluding diaryl/α,β-unsaturated/α-hetero) is 3. The molecule has 11 fully saturated rings. The molecule has 0 aromatic rings. The predicted molar refractivity (Wildman–Crippen MR) is 376 cm³/mol. The Kier molecular flexibility index (Phi) is 38.2. The van der Waals surface area contributed by atoms with Crippen LogP contribution in [0, 0.1) is 75.4 Å². The summed E-state index contributed by atoms with van der Waals surface area (Å²) in [5.41, 5.74) is -6.12. The summed E-state index contributed by atoms with van der Waals surface area (Å²) in [6, 6.07) is 0. The van der Waals surface area contributed by atoms with Gasteiger partial charge in [0.15, 0.2) is 0 Å². The summed E-state index contributed by atoms with van der Waals surface area (Å²) in [6.45, 7) is 22.8. The SMILES string of the molecule is CC(C)(C(=O)O)C1(O)C[C@H]2CC(F)(F)C[C@H]2C1.CC1CCCO1.COC(=O)C(C)(C)C1(O)C[C@H]2CC(F)(F)C[C@H]2C1.COC(=O)C(C)(C)C1(O)C[C@H]2CC(F)(F)C[C@H]2C1.COC(O[Si](C)(C)C)=C(C)C.COCCN(CCOC)S(F)(F)F.O.O=C1CC2CC(=O)CC2C1.O=C1C[C@@H]2CC(F)(F)C[C@@H]2C1.[Li+].[OH-]. The minimum Gasteiger partial charge on any atom is -0.870 e. The topological polar surface area (TPSA) is 313 Å². The molecule has 0 bridgehead atoms. The predicted octanol–water partition coefficient (Wildman–Crippen LogP) is 11.9. The second kappa shape index (κ2) is 40.2. The van der Waals surface area contributed by atoms with Gasteiger partial charge >= 0.3 is 36.8 Å². The maximum absolute atomic E-state index is 13.3. The van der Waals surface area contributed by atoms with Crippen molar-refractivity contribution in [3.05, 3.63) is 11.5 Å². The first-order valence-corrected chi connectivity index (χ1v) is 40.9. The van der Waals surface area contributed by atoms with E-state index < -0.39 is 94.3 Å². The summed E-state index contributed by atoms with van der Waals surface area (Å²) >= 11 is -5.14. The van der Waals surface area contributed by atoms with E-state index in [-0.39, 0.29) is 199 Å². The van der Waals surface area contributed by atoms with Gasteiger partial charge in [-0.2, -0.15) is 4.31 Å². The number of fused-ring (bicyclic) bond motifs is 5. The van der Waals surface area contributed by atoms with Crippen molar-refractivity contribution in [3.63, 3.8) is 0 Å². The molecule has 10 aliphatic carbocycles. The maximum Gasteiger partial charge on any atom is 1.00 e. The Hall–Kier alpha value is -3.21. The summed E-state index contributed by atoms with van der Waals surface area (Å²) in [4.78, 5) is 67.2. The van der Waals surface area contributed by atoms with Gasteiger partial charge in [-0.1, -0.05) is 0 Å². The number of carbonyl (C=O) groups excluding carboxylic acids is 5. The van der Waals surface area contributed by atoms with Gasteiger partial charge in [-0.3, -0.25) is 28.8 Å². The molecule has 1 heterocycles. The Morgan fingerprint density at radius 1 is 0.505 bits per heavy atom. The van der Waals surface area contributed by atoms with Crippen LogP contribution >= 0.6 is 11.4 Å². The third kappa shape index (κ3) is 28.4. The standard InChI is InChI=1S/2C13H20F2O3.C12H18F2O3.C8H10F2O.C8H18O2Si.C8H10O2.C6H14F3NO2S.C5H10O.Li.2H2O/c2*1-11(2,10(16)18-3)12(17)4-8-6-13(14,15)7-9(8)5-12;1-10(2,9(15)16)11(17)3-7-5-12(13,14)6-8(7)4-11;9-8(10)3-5-1-7(11)2-6(5)4-8;1-7(2)8(9-3)10-11(4,5)6;9-7-1-5-2-8(10)4-6(5)3-7;1-11-5-3-10(4-6-12-2)13(7,8)9;1-5-3-2-4-6-5;;;/h2*8-9,17H,4-7H2,1-3H3;7-8,17H,3-6H2,1-2H3,(H,15,16);5-6H,1-4H2;1-6H3;5-6H,1-4H2;3-6H2,1-2H3;5H,2-4H2,1H3;;2*1H2/q;;;;;;;;+1;;/p-1/t2*8-,9+,12?;7-,8+,11?;5-,6+;;;;;;;.